The quantitative estimate of drug-likeness (QED) is 0.557. The zero-order valence-electron chi connectivity index (χ0n) is 10.5. The van der Waals surface area contributed by atoms with Gasteiger partial charge in [0.05, 0.1) is 5.52 Å². The third kappa shape index (κ3) is 1.68. The van der Waals surface area contributed by atoms with Crippen LogP contribution in [0.5, 0.6) is 0 Å². The fraction of sp³-hybridized carbons (Fsp3) is 0. The van der Waals surface area contributed by atoms with Crippen molar-refractivity contribution >= 4 is 11.0 Å². The molecule has 5 nitrogen and oxygen atoms in total. The van der Waals surface area contributed by atoms with Crippen LogP contribution in [-0.2, 0) is 0 Å². The van der Waals surface area contributed by atoms with Crippen molar-refractivity contribution in [3.8, 4) is 17.3 Å². The zero-order valence-corrected chi connectivity index (χ0v) is 10.5. The minimum Gasteiger partial charge on any atom is -0.430 e. The normalized spacial score (nSPS) is 11.0. The maximum atomic E-state index is 5.52. The molecule has 96 valence electrons. The molecule has 0 saturated carbocycles. The third-order valence-electron chi connectivity index (χ3n) is 3.09. The van der Waals surface area contributed by atoms with Gasteiger partial charge in [0.15, 0.2) is 0 Å². The molecule has 0 unspecified atom stereocenters. The van der Waals surface area contributed by atoms with Gasteiger partial charge in [0.1, 0.15) is 17.5 Å². The smallest absolute Gasteiger partial charge is 0.325 e. The summed E-state index contributed by atoms with van der Waals surface area (Å²) < 4.78 is 7.12. The minimum atomic E-state index is 0.414. The molecule has 0 amide bonds. The van der Waals surface area contributed by atoms with E-state index in [0.717, 1.165) is 22.3 Å². The van der Waals surface area contributed by atoms with Crippen molar-refractivity contribution in [2.45, 2.75) is 0 Å². The van der Waals surface area contributed by atoms with E-state index < -0.39 is 0 Å². The zero-order chi connectivity index (χ0) is 13.4. The predicted octanol–water partition coefficient (Wildman–Crippen LogP) is 3.08. The molecular formula is C15H10N4O. The third-order valence-corrected chi connectivity index (χ3v) is 3.09. The van der Waals surface area contributed by atoms with Gasteiger partial charge in [-0.15, -0.1) is 5.10 Å². The molecule has 0 N–H and O–H groups in total. The first-order chi connectivity index (χ1) is 9.92. The van der Waals surface area contributed by atoms with Gasteiger partial charge >= 0.3 is 6.01 Å². The van der Waals surface area contributed by atoms with Crippen LogP contribution in [-0.4, -0.2) is 20.0 Å². The monoisotopic (exact) mass is 262 g/mol. The Balaban J connectivity index is 1.82. The van der Waals surface area contributed by atoms with Gasteiger partial charge in [-0.05, 0) is 12.1 Å². The number of para-hydroxylation sites is 1. The van der Waals surface area contributed by atoms with E-state index >= 15 is 0 Å². The summed E-state index contributed by atoms with van der Waals surface area (Å²) in [6, 6.07) is 18.0. The van der Waals surface area contributed by atoms with E-state index in [1.807, 2.05) is 54.6 Å². The van der Waals surface area contributed by atoms with Gasteiger partial charge in [-0.2, -0.15) is 9.67 Å². The maximum absolute atomic E-state index is 5.52. The molecule has 2 aromatic carbocycles. The van der Waals surface area contributed by atoms with Gasteiger partial charge in [0.25, 0.3) is 0 Å². The van der Waals surface area contributed by atoms with Crippen molar-refractivity contribution in [1.82, 2.24) is 20.0 Å². The highest BCUT2D eigenvalue weighted by molar-refractivity contribution is 5.75. The van der Waals surface area contributed by atoms with Crippen LogP contribution >= 0.6 is 0 Å². The topological polar surface area (TPSA) is 56.7 Å². The summed E-state index contributed by atoms with van der Waals surface area (Å²) in [4.78, 5) is 4.47. The molecule has 2 aromatic heterocycles. The number of aromatic nitrogens is 4. The molecule has 5 heteroatoms. The fourth-order valence-corrected chi connectivity index (χ4v) is 2.11. The summed E-state index contributed by atoms with van der Waals surface area (Å²) in [6.45, 7) is 0. The van der Waals surface area contributed by atoms with Crippen LogP contribution in [0.25, 0.3) is 28.3 Å². The van der Waals surface area contributed by atoms with Gasteiger partial charge < -0.3 is 4.42 Å². The Morgan fingerprint density at radius 2 is 1.70 bits per heavy atom. The molecule has 0 aliphatic heterocycles. The fourth-order valence-electron chi connectivity index (χ4n) is 2.11. The highest BCUT2D eigenvalue weighted by atomic mass is 16.4. The van der Waals surface area contributed by atoms with Crippen LogP contribution in [0.15, 0.2) is 65.3 Å². The van der Waals surface area contributed by atoms with Crippen LogP contribution in [0, 0.1) is 0 Å². The number of oxazole rings is 1. The van der Waals surface area contributed by atoms with Crippen LogP contribution in [0.4, 0.5) is 0 Å². The first-order valence-electron chi connectivity index (χ1n) is 6.23. The number of hydrogen-bond donors (Lipinski definition) is 0. The molecule has 0 saturated heterocycles. The summed E-state index contributed by atoms with van der Waals surface area (Å²) >= 11 is 0. The summed E-state index contributed by atoms with van der Waals surface area (Å²) in [5.74, 6) is 0. The highest BCUT2D eigenvalue weighted by Gasteiger charge is 2.12. The summed E-state index contributed by atoms with van der Waals surface area (Å²) in [5.41, 5.74) is 3.47. The first-order valence-corrected chi connectivity index (χ1v) is 6.23. The maximum Gasteiger partial charge on any atom is 0.325 e. The van der Waals surface area contributed by atoms with E-state index in [4.69, 9.17) is 4.42 Å². The molecule has 20 heavy (non-hydrogen) atoms. The summed E-state index contributed by atoms with van der Waals surface area (Å²) in [5, 5.41) is 8.17. The van der Waals surface area contributed by atoms with Gasteiger partial charge in [-0.3, -0.25) is 0 Å². The van der Waals surface area contributed by atoms with Gasteiger partial charge in [-0.25, -0.2) is 0 Å². The Labute approximate surface area is 114 Å². The van der Waals surface area contributed by atoms with Crippen molar-refractivity contribution in [2.75, 3.05) is 0 Å². The molecule has 4 aromatic rings. The molecule has 0 fully saturated rings. The Morgan fingerprint density at radius 3 is 2.60 bits per heavy atom. The van der Waals surface area contributed by atoms with Crippen LogP contribution in [0.1, 0.15) is 0 Å². The Hall–Kier alpha value is -2.95. The molecule has 0 radical (unpaired) electrons. The van der Waals surface area contributed by atoms with E-state index in [1.54, 1.807) is 10.9 Å². The van der Waals surface area contributed by atoms with Crippen LogP contribution < -0.4 is 0 Å². The molecule has 0 bridgehead atoms. The number of nitrogens with zero attached hydrogens (tertiary/aromatic N) is 4. The van der Waals surface area contributed by atoms with Crippen molar-refractivity contribution in [3.63, 3.8) is 0 Å². The Bertz CT molecular complexity index is 864. The van der Waals surface area contributed by atoms with E-state index in [0.29, 0.717) is 6.01 Å². The minimum absolute atomic E-state index is 0.414. The largest absolute Gasteiger partial charge is 0.430 e. The number of hydrogen-bond acceptors (Lipinski definition) is 4. The van der Waals surface area contributed by atoms with Crippen LogP contribution in [0.2, 0.25) is 0 Å². The average Bonchev–Trinajstić information content (AvgIpc) is 3.14. The van der Waals surface area contributed by atoms with Gasteiger partial charge in [0, 0.05) is 5.56 Å². The molecule has 0 aliphatic carbocycles. The SMILES string of the molecule is c1ccc(-c2coc(-n3nnc4ccccc43)n2)cc1. The van der Waals surface area contributed by atoms with Gasteiger partial charge in [-0.1, -0.05) is 47.7 Å². The van der Waals surface area contributed by atoms with Crippen molar-refractivity contribution in [2.24, 2.45) is 0 Å². The molecule has 0 aliphatic rings. The van der Waals surface area contributed by atoms with E-state index in [1.165, 1.54) is 0 Å². The number of fused-ring (bicyclic) bond motifs is 1. The second-order valence-corrected chi connectivity index (χ2v) is 4.37. The van der Waals surface area contributed by atoms with Crippen molar-refractivity contribution in [1.29, 1.82) is 0 Å². The van der Waals surface area contributed by atoms with Gasteiger partial charge in [0.2, 0.25) is 0 Å². The van der Waals surface area contributed by atoms with E-state index in [2.05, 4.69) is 15.3 Å². The standard InChI is InChI=1S/C15H10N4O/c1-2-6-11(7-3-1)13-10-20-15(16-13)19-14-9-5-4-8-12(14)17-18-19/h1-10H. The first kappa shape index (κ1) is 10.9. The lowest BCUT2D eigenvalue weighted by atomic mass is 10.2. The predicted molar refractivity (Wildman–Crippen MR) is 74.4 cm³/mol. The molecule has 4 rings (SSSR count). The molecule has 2 heterocycles. The second kappa shape index (κ2) is 4.31. The lowest BCUT2D eigenvalue weighted by molar-refractivity contribution is 0.510. The van der Waals surface area contributed by atoms with Crippen molar-refractivity contribution < 1.29 is 4.42 Å². The summed E-state index contributed by atoms with van der Waals surface area (Å²) in [6.07, 6.45) is 1.63. The number of benzene rings is 2. The highest BCUT2D eigenvalue weighted by Crippen LogP contribution is 2.21. The molecular weight excluding hydrogens is 252 g/mol. The van der Waals surface area contributed by atoms with Crippen LogP contribution in [0.3, 0.4) is 0 Å². The summed E-state index contributed by atoms with van der Waals surface area (Å²) in [7, 11) is 0. The molecule has 0 atom stereocenters. The van der Waals surface area contributed by atoms with E-state index in [-0.39, 0.29) is 0 Å². The lowest BCUT2D eigenvalue weighted by Crippen LogP contribution is -1.96. The second-order valence-electron chi connectivity index (χ2n) is 4.37. The Kier molecular flexibility index (Phi) is 2.35. The molecule has 0 spiro atoms. The van der Waals surface area contributed by atoms with Crippen molar-refractivity contribution in [3.05, 3.63) is 60.9 Å². The number of rotatable bonds is 2. The van der Waals surface area contributed by atoms with E-state index in [9.17, 15) is 0 Å². The Morgan fingerprint density at radius 1 is 0.900 bits per heavy atom. The average molecular weight is 262 g/mol. The lowest BCUT2D eigenvalue weighted by Gasteiger charge is -1.94.